The number of para-hydroxylation sites is 2. The zero-order chi connectivity index (χ0) is 32.1. The maximum atomic E-state index is 12.8. The van der Waals surface area contributed by atoms with Gasteiger partial charge < -0.3 is 35.8 Å². The Hall–Kier alpha value is -3.76. The van der Waals surface area contributed by atoms with Crippen LogP contribution in [0.5, 0.6) is 0 Å². The van der Waals surface area contributed by atoms with E-state index < -0.39 is 6.29 Å². The lowest BCUT2D eigenvalue weighted by Crippen LogP contribution is -2.41. The zero-order valence-electron chi connectivity index (χ0n) is 26.7. The number of hydrogen-bond acceptors (Lipinski definition) is 7. The van der Waals surface area contributed by atoms with Crippen LogP contribution in [0.1, 0.15) is 93.3 Å². The van der Waals surface area contributed by atoms with Gasteiger partial charge in [0.15, 0.2) is 6.29 Å². The van der Waals surface area contributed by atoms with E-state index in [2.05, 4.69) is 15.5 Å². The number of aliphatic hydroxyl groups excluding tert-OH is 1. The largest absolute Gasteiger partial charge is 0.397 e. The molecule has 3 aromatic carbocycles. The monoisotopic (exact) mass is 628 g/mol. The molecule has 5 N–H and O–H groups in total. The first-order chi connectivity index (χ1) is 22.5. The van der Waals surface area contributed by atoms with Gasteiger partial charge in [0.25, 0.3) is 0 Å². The van der Waals surface area contributed by atoms with Crippen molar-refractivity contribution in [1.29, 1.82) is 0 Å². The predicted octanol–water partition coefficient (Wildman–Crippen LogP) is 6.71. The van der Waals surface area contributed by atoms with Crippen LogP contribution in [0, 0.1) is 0 Å². The first kappa shape index (κ1) is 33.6. The molecule has 2 amide bonds. The van der Waals surface area contributed by atoms with Crippen LogP contribution < -0.4 is 16.4 Å². The van der Waals surface area contributed by atoms with E-state index >= 15 is 0 Å². The van der Waals surface area contributed by atoms with Crippen LogP contribution in [0.2, 0.25) is 0 Å². The molecule has 2 fully saturated rings. The highest BCUT2D eigenvalue weighted by Crippen LogP contribution is 2.39. The maximum Gasteiger partial charge on any atom is 0.224 e. The molecule has 2 saturated heterocycles. The lowest BCUT2D eigenvalue weighted by Gasteiger charge is -2.39. The lowest BCUT2D eigenvalue weighted by atomic mass is 9.99. The molecule has 2 aliphatic rings. The molecule has 9 heteroatoms. The number of anilines is 3. The van der Waals surface area contributed by atoms with E-state index in [1.165, 1.54) is 19.3 Å². The van der Waals surface area contributed by atoms with Gasteiger partial charge in [-0.25, -0.2) is 0 Å². The van der Waals surface area contributed by atoms with Gasteiger partial charge >= 0.3 is 0 Å². The SMILES string of the molecule is Nc1ccccc1NC(=O)CCCCCCC(=O)Nc1cccc([C@H]2O[C@@H](CN3CCCCC3)C[C@@H](c3ccc(CO)cc3)O2)c1. The normalized spacial score (nSPS) is 20.2. The Morgan fingerprint density at radius 3 is 2.24 bits per heavy atom. The summed E-state index contributed by atoms with van der Waals surface area (Å²) in [5.41, 5.74) is 10.6. The second kappa shape index (κ2) is 17.2. The molecule has 0 bridgehead atoms. The summed E-state index contributed by atoms with van der Waals surface area (Å²) >= 11 is 0. The molecule has 2 aliphatic heterocycles. The molecule has 3 aromatic rings. The summed E-state index contributed by atoms with van der Waals surface area (Å²) in [6.07, 6.45) is 7.91. The van der Waals surface area contributed by atoms with Gasteiger partial charge in [-0.1, -0.05) is 67.8 Å². The predicted molar refractivity (Wildman–Crippen MR) is 181 cm³/mol. The van der Waals surface area contributed by atoms with E-state index in [1.54, 1.807) is 12.1 Å². The minimum Gasteiger partial charge on any atom is -0.397 e. The van der Waals surface area contributed by atoms with Crippen molar-refractivity contribution >= 4 is 28.9 Å². The summed E-state index contributed by atoms with van der Waals surface area (Å²) in [6, 6.07) is 22.9. The van der Waals surface area contributed by atoms with Crippen molar-refractivity contribution in [3.8, 4) is 0 Å². The summed E-state index contributed by atoms with van der Waals surface area (Å²) in [4.78, 5) is 27.5. The van der Waals surface area contributed by atoms with Crippen LogP contribution >= 0.6 is 0 Å². The van der Waals surface area contributed by atoms with Crippen molar-refractivity contribution in [1.82, 2.24) is 4.90 Å². The van der Waals surface area contributed by atoms with Crippen LogP contribution in [0.25, 0.3) is 0 Å². The number of hydrogen-bond donors (Lipinski definition) is 4. The van der Waals surface area contributed by atoms with Gasteiger partial charge in [0.2, 0.25) is 11.8 Å². The molecule has 3 atom stereocenters. The number of rotatable bonds is 14. The van der Waals surface area contributed by atoms with Crippen molar-refractivity contribution in [2.24, 2.45) is 0 Å². The first-order valence-corrected chi connectivity index (χ1v) is 16.7. The molecule has 0 saturated carbocycles. The van der Waals surface area contributed by atoms with Gasteiger partial charge in [0.05, 0.1) is 30.2 Å². The van der Waals surface area contributed by atoms with Gasteiger partial charge in [0, 0.05) is 37.1 Å². The zero-order valence-corrected chi connectivity index (χ0v) is 26.7. The van der Waals surface area contributed by atoms with Gasteiger partial charge in [-0.05, 0) is 74.2 Å². The molecule has 0 aromatic heterocycles. The highest BCUT2D eigenvalue weighted by molar-refractivity contribution is 5.93. The van der Waals surface area contributed by atoms with Crippen LogP contribution in [-0.4, -0.2) is 47.6 Å². The second-order valence-electron chi connectivity index (χ2n) is 12.4. The van der Waals surface area contributed by atoms with Crippen molar-refractivity contribution in [2.45, 2.75) is 89.3 Å². The number of piperidine rings is 1. The summed E-state index contributed by atoms with van der Waals surface area (Å²) < 4.78 is 13.1. The lowest BCUT2D eigenvalue weighted by molar-refractivity contribution is -0.253. The Labute approximate surface area is 272 Å². The average molecular weight is 629 g/mol. The molecule has 0 unspecified atom stereocenters. The van der Waals surface area contributed by atoms with Crippen molar-refractivity contribution < 1.29 is 24.2 Å². The molecule has 46 heavy (non-hydrogen) atoms. The topological polar surface area (TPSA) is 126 Å². The third-order valence-corrected chi connectivity index (χ3v) is 8.76. The summed E-state index contributed by atoms with van der Waals surface area (Å²) in [5, 5.41) is 15.4. The van der Waals surface area contributed by atoms with E-state index in [0.29, 0.717) is 29.9 Å². The molecule has 2 heterocycles. The van der Waals surface area contributed by atoms with E-state index in [0.717, 1.165) is 68.4 Å². The minimum absolute atomic E-state index is 0.0117. The summed E-state index contributed by atoms with van der Waals surface area (Å²) in [6.45, 7) is 3.08. The molecule has 246 valence electrons. The molecular formula is C37H48N4O5. The number of nitrogen functional groups attached to an aromatic ring is 1. The number of nitrogens with zero attached hydrogens (tertiary/aromatic N) is 1. The van der Waals surface area contributed by atoms with Gasteiger partial charge in [-0.3, -0.25) is 9.59 Å². The van der Waals surface area contributed by atoms with Gasteiger partial charge in [-0.15, -0.1) is 0 Å². The second-order valence-corrected chi connectivity index (χ2v) is 12.4. The Morgan fingerprint density at radius 2 is 1.52 bits per heavy atom. The highest BCUT2D eigenvalue weighted by Gasteiger charge is 2.33. The first-order valence-electron chi connectivity index (χ1n) is 16.7. The Kier molecular flexibility index (Phi) is 12.6. The minimum atomic E-state index is -0.557. The van der Waals surface area contributed by atoms with Crippen molar-refractivity contribution in [2.75, 3.05) is 36.0 Å². The number of nitrogens with one attached hydrogen (secondary N) is 2. The van der Waals surface area contributed by atoms with E-state index in [4.69, 9.17) is 15.2 Å². The molecular weight excluding hydrogens is 580 g/mol. The fraction of sp³-hybridized carbons (Fsp3) is 0.459. The number of benzene rings is 3. The number of aliphatic hydroxyl groups is 1. The Balaban J connectivity index is 1.10. The number of carbonyl (C=O) groups is 2. The number of unbranched alkanes of at least 4 members (excludes halogenated alkanes) is 3. The average Bonchev–Trinajstić information content (AvgIpc) is 3.08. The van der Waals surface area contributed by atoms with Crippen LogP contribution in [0.3, 0.4) is 0 Å². The van der Waals surface area contributed by atoms with E-state index in [-0.39, 0.29) is 30.6 Å². The molecule has 5 rings (SSSR count). The number of likely N-dealkylation sites (tertiary alicyclic amines) is 1. The smallest absolute Gasteiger partial charge is 0.224 e. The summed E-state index contributed by atoms with van der Waals surface area (Å²) in [5.74, 6) is -0.0880. The van der Waals surface area contributed by atoms with Crippen LogP contribution in [-0.2, 0) is 25.7 Å². The molecule has 0 aliphatic carbocycles. The van der Waals surface area contributed by atoms with Gasteiger partial charge in [-0.2, -0.15) is 0 Å². The Morgan fingerprint density at radius 1 is 0.804 bits per heavy atom. The van der Waals surface area contributed by atoms with Crippen LogP contribution in [0.4, 0.5) is 17.1 Å². The standard InChI is InChI=1S/C37H48N4O5/c38-32-13-6-7-14-33(32)40-36(44)16-5-2-1-4-15-35(43)39-30-12-10-11-29(23-30)37-45-31(25-41-21-8-3-9-22-41)24-34(46-37)28-19-17-27(26-42)18-20-28/h6-7,10-14,17-20,23,31,34,37,42H,1-5,8-9,15-16,21-22,24-26,38H2,(H,39,43)(H,40,44)/t31-,34+,37+/m1/s1. The quantitative estimate of drug-likeness (QED) is 0.115. The number of ether oxygens (including phenoxy) is 2. The number of nitrogens with two attached hydrogens (primary N) is 1. The molecule has 0 radical (unpaired) electrons. The summed E-state index contributed by atoms with van der Waals surface area (Å²) in [7, 11) is 0. The number of carbonyl (C=O) groups excluding carboxylic acids is 2. The molecule has 9 nitrogen and oxygen atoms in total. The maximum absolute atomic E-state index is 12.8. The van der Waals surface area contributed by atoms with Crippen LogP contribution in [0.15, 0.2) is 72.8 Å². The van der Waals surface area contributed by atoms with Gasteiger partial charge in [0.1, 0.15) is 0 Å². The fourth-order valence-electron chi connectivity index (χ4n) is 6.20. The van der Waals surface area contributed by atoms with E-state index in [9.17, 15) is 14.7 Å². The van der Waals surface area contributed by atoms with Crippen molar-refractivity contribution in [3.63, 3.8) is 0 Å². The molecule has 0 spiro atoms. The third-order valence-electron chi connectivity index (χ3n) is 8.76. The fourth-order valence-corrected chi connectivity index (χ4v) is 6.20. The van der Waals surface area contributed by atoms with E-state index in [1.807, 2.05) is 60.7 Å². The highest BCUT2D eigenvalue weighted by atomic mass is 16.7. The third kappa shape index (κ3) is 10.1. The number of amides is 2. The van der Waals surface area contributed by atoms with Crippen molar-refractivity contribution in [3.05, 3.63) is 89.5 Å². The Bertz CT molecular complexity index is 1410.